The van der Waals surface area contributed by atoms with E-state index >= 15 is 0 Å². The van der Waals surface area contributed by atoms with E-state index in [4.69, 9.17) is 14.6 Å². The molecule has 138 valence electrons. The summed E-state index contributed by atoms with van der Waals surface area (Å²) in [7, 11) is 0. The van der Waals surface area contributed by atoms with Crippen molar-refractivity contribution in [2.45, 2.75) is 26.8 Å². The van der Waals surface area contributed by atoms with Crippen molar-refractivity contribution in [2.24, 2.45) is 0 Å². The number of carbonyl (C=O) groups is 2. The van der Waals surface area contributed by atoms with Crippen molar-refractivity contribution in [1.82, 2.24) is 10.3 Å². The lowest BCUT2D eigenvalue weighted by atomic mass is 10.1. The number of ether oxygens (including phenoxy) is 2. The van der Waals surface area contributed by atoms with Crippen molar-refractivity contribution in [1.29, 1.82) is 0 Å². The number of pyridine rings is 1. The number of rotatable bonds is 8. The van der Waals surface area contributed by atoms with Crippen LogP contribution < -0.4 is 14.8 Å². The summed E-state index contributed by atoms with van der Waals surface area (Å²) >= 11 is 0. The number of nitrogens with one attached hydrogen (secondary N) is 1. The van der Waals surface area contributed by atoms with Crippen LogP contribution in [0.25, 0.3) is 0 Å². The van der Waals surface area contributed by atoms with Crippen LogP contribution in [-0.2, 0) is 0 Å². The Labute approximate surface area is 152 Å². The smallest absolute Gasteiger partial charge is 0.354 e. The molecule has 0 saturated carbocycles. The molecule has 0 radical (unpaired) electrons. The number of hydrogen-bond acceptors (Lipinski definition) is 5. The van der Waals surface area contributed by atoms with Gasteiger partial charge in [-0.2, -0.15) is 0 Å². The van der Waals surface area contributed by atoms with Crippen LogP contribution in [-0.4, -0.2) is 35.2 Å². The molecule has 0 aliphatic carbocycles. The highest BCUT2D eigenvalue weighted by Gasteiger charge is 2.16. The number of aromatic nitrogens is 1. The SMILES string of the molecule is CCOc1ccc(C(C)NC(=O)c2ccnc(C(=O)O)c2)cc1OCC. The maximum Gasteiger partial charge on any atom is 0.354 e. The lowest BCUT2D eigenvalue weighted by molar-refractivity contribution is 0.0690. The lowest BCUT2D eigenvalue weighted by Gasteiger charge is -2.17. The summed E-state index contributed by atoms with van der Waals surface area (Å²) in [5.74, 6) is -0.295. The Hall–Kier alpha value is -3.09. The van der Waals surface area contributed by atoms with Crippen molar-refractivity contribution in [3.8, 4) is 11.5 Å². The van der Waals surface area contributed by atoms with Crippen molar-refractivity contribution >= 4 is 11.9 Å². The first-order valence-corrected chi connectivity index (χ1v) is 8.36. The van der Waals surface area contributed by atoms with Gasteiger partial charge in [-0.15, -0.1) is 0 Å². The normalized spacial score (nSPS) is 11.5. The second-order valence-corrected chi connectivity index (χ2v) is 5.50. The molecule has 1 heterocycles. The zero-order chi connectivity index (χ0) is 19.1. The zero-order valence-electron chi connectivity index (χ0n) is 15.0. The van der Waals surface area contributed by atoms with E-state index in [1.165, 1.54) is 18.3 Å². The number of carboxylic acid groups (broad SMARTS) is 1. The highest BCUT2D eigenvalue weighted by molar-refractivity contribution is 5.96. The van der Waals surface area contributed by atoms with Gasteiger partial charge in [-0.25, -0.2) is 9.78 Å². The molecule has 1 unspecified atom stereocenters. The van der Waals surface area contributed by atoms with Gasteiger partial charge in [0.15, 0.2) is 11.5 Å². The Bertz CT molecular complexity index is 791. The monoisotopic (exact) mass is 358 g/mol. The first kappa shape index (κ1) is 19.2. The molecule has 2 rings (SSSR count). The maximum absolute atomic E-state index is 12.4. The number of aromatic carboxylic acids is 1. The minimum absolute atomic E-state index is 0.176. The summed E-state index contributed by atoms with van der Waals surface area (Å²) in [6.07, 6.45) is 1.30. The van der Waals surface area contributed by atoms with Gasteiger partial charge in [-0.3, -0.25) is 4.79 Å². The van der Waals surface area contributed by atoms with Crippen LogP contribution in [0.15, 0.2) is 36.5 Å². The molecule has 0 aliphatic rings. The number of amides is 1. The van der Waals surface area contributed by atoms with E-state index in [0.717, 1.165) is 5.56 Å². The quantitative estimate of drug-likeness (QED) is 0.753. The second kappa shape index (κ2) is 8.84. The topological polar surface area (TPSA) is 97.8 Å². The van der Waals surface area contributed by atoms with Gasteiger partial charge in [-0.1, -0.05) is 6.07 Å². The first-order chi connectivity index (χ1) is 12.5. The molecular formula is C19H22N2O5. The minimum atomic E-state index is -1.18. The molecule has 26 heavy (non-hydrogen) atoms. The van der Waals surface area contributed by atoms with Crippen LogP contribution >= 0.6 is 0 Å². The predicted octanol–water partition coefficient (Wildman–Crippen LogP) is 3.07. The van der Waals surface area contributed by atoms with Gasteiger partial charge in [0.05, 0.1) is 19.3 Å². The number of hydrogen-bond donors (Lipinski definition) is 2. The van der Waals surface area contributed by atoms with Crippen LogP contribution in [0.5, 0.6) is 11.5 Å². The van der Waals surface area contributed by atoms with E-state index in [0.29, 0.717) is 24.7 Å². The second-order valence-electron chi connectivity index (χ2n) is 5.50. The third-order valence-electron chi connectivity index (χ3n) is 3.66. The molecule has 0 saturated heterocycles. The molecule has 2 aromatic rings. The Balaban J connectivity index is 2.17. The van der Waals surface area contributed by atoms with Crippen LogP contribution in [0.3, 0.4) is 0 Å². The fourth-order valence-corrected chi connectivity index (χ4v) is 2.39. The highest BCUT2D eigenvalue weighted by atomic mass is 16.5. The van der Waals surface area contributed by atoms with Gasteiger partial charge in [0.2, 0.25) is 0 Å². The molecule has 7 heteroatoms. The molecule has 0 fully saturated rings. The largest absolute Gasteiger partial charge is 0.490 e. The average molecular weight is 358 g/mol. The molecule has 1 aromatic carbocycles. The number of benzene rings is 1. The van der Waals surface area contributed by atoms with Gasteiger partial charge < -0.3 is 19.9 Å². The zero-order valence-corrected chi connectivity index (χ0v) is 15.0. The van der Waals surface area contributed by atoms with Crippen LogP contribution in [0.4, 0.5) is 0 Å². The van der Waals surface area contributed by atoms with Gasteiger partial charge in [0.25, 0.3) is 5.91 Å². The van der Waals surface area contributed by atoms with E-state index in [1.54, 1.807) is 6.07 Å². The number of nitrogens with zero attached hydrogens (tertiary/aromatic N) is 1. The first-order valence-electron chi connectivity index (χ1n) is 8.36. The molecule has 1 aromatic heterocycles. The van der Waals surface area contributed by atoms with E-state index in [9.17, 15) is 9.59 Å². The van der Waals surface area contributed by atoms with Gasteiger partial charge in [-0.05, 0) is 50.6 Å². The maximum atomic E-state index is 12.4. The van der Waals surface area contributed by atoms with Crippen molar-refractivity contribution in [3.63, 3.8) is 0 Å². The summed E-state index contributed by atoms with van der Waals surface area (Å²) < 4.78 is 11.1. The molecule has 1 amide bonds. The van der Waals surface area contributed by atoms with Crippen molar-refractivity contribution in [2.75, 3.05) is 13.2 Å². The summed E-state index contributed by atoms with van der Waals surface area (Å²) in [6, 6.07) is 7.90. The lowest BCUT2D eigenvalue weighted by Crippen LogP contribution is -2.27. The third-order valence-corrected chi connectivity index (χ3v) is 3.66. The molecular weight excluding hydrogens is 336 g/mol. The average Bonchev–Trinajstić information content (AvgIpc) is 2.63. The predicted molar refractivity (Wildman–Crippen MR) is 95.9 cm³/mol. The van der Waals surface area contributed by atoms with Gasteiger partial charge in [0.1, 0.15) is 5.69 Å². The van der Waals surface area contributed by atoms with Crippen LogP contribution in [0.2, 0.25) is 0 Å². The van der Waals surface area contributed by atoms with E-state index in [-0.39, 0.29) is 23.2 Å². The van der Waals surface area contributed by atoms with Crippen LogP contribution in [0.1, 0.15) is 53.2 Å². The summed E-state index contributed by atoms with van der Waals surface area (Å²) in [5.41, 5.74) is 0.906. The Morgan fingerprint density at radius 1 is 1.12 bits per heavy atom. The summed E-state index contributed by atoms with van der Waals surface area (Å²) in [6.45, 7) is 6.64. The van der Waals surface area contributed by atoms with Crippen molar-refractivity contribution in [3.05, 3.63) is 53.3 Å². The molecule has 7 nitrogen and oxygen atoms in total. The Morgan fingerprint density at radius 2 is 1.81 bits per heavy atom. The number of carbonyl (C=O) groups excluding carboxylic acids is 1. The third kappa shape index (κ3) is 4.72. The summed E-state index contributed by atoms with van der Waals surface area (Å²) in [4.78, 5) is 27.1. The standard InChI is InChI=1S/C19H22N2O5/c1-4-25-16-7-6-13(11-17(16)26-5-2)12(3)21-18(22)14-8-9-20-15(10-14)19(23)24/h6-12H,4-5H2,1-3H3,(H,21,22)(H,23,24). The molecule has 0 bridgehead atoms. The number of carboxylic acids is 1. The highest BCUT2D eigenvalue weighted by Crippen LogP contribution is 2.30. The molecule has 0 spiro atoms. The van der Waals surface area contributed by atoms with E-state index in [1.807, 2.05) is 32.9 Å². The fraction of sp³-hybridized carbons (Fsp3) is 0.316. The van der Waals surface area contributed by atoms with Gasteiger partial charge in [0, 0.05) is 11.8 Å². The summed E-state index contributed by atoms with van der Waals surface area (Å²) in [5, 5.41) is 11.8. The molecule has 0 aliphatic heterocycles. The Kier molecular flexibility index (Phi) is 6.54. The molecule has 2 N–H and O–H groups in total. The fourth-order valence-electron chi connectivity index (χ4n) is 2.39. The minimum Gasteiger partial charge on any atom is -0.490 e. The molecule has 1 atom stereocenters. The van der Waals surface area contributed by atoms with Crippen molar-refractivity contribution < 1.29 is 24.2 Å². The van der Waals surface area contributed by atoms with E-state index in [2.05, 4.69) is 10.3 Å². The Morgan fingerprint density at radius 3 is 2.46 bits per heavy atom. The van der Waals surface area contributed by atoms with E-state index < -0.39 is 5.97 Å². The van der Waals surface area contributed by atoms with Gasteiger partial charge >= 0.3 is 5.97 Å². The van der Waals surface area contributed by atoms with Crippen LogP contribution in [0, 0.1) is 0 Å².